The fourth-order valence-electron chi connectivity index (χ4n) is 5.49. The van der Waals surface area contributed by atoms with E-state index in [1.54, 1.807) is 6.08 Å². The fraction of sp³-hybridized carbons (Fsp3) is 0.667. The second kappa shape index (κ2) is 39.6. The Bertz CT molecular complexity index is 1260. The number of unbranched alkanes of at least 4 members (excludes halogenated alkanes) is 14. The summed E-state index contributed by atoms with van der Waals surface area (Å²) in [7, 11) is 1.37. The average Bonchev–Trinajstić information content (AvgIpc) is 3.17. The van der Waals surface area contributed by atoms with Crippen molar-refractivity contribution in [2.24, 2.45) is 0 Å². The predicted octanol–water partition coefficient (Wildman–Crippen LogP) is 12.8. The molecule has 0 aromatic heterocycles. The summed E-state index contributed by atoms with van der Waals surface area (Å²) < 4.78 is 34.0. The van der Waals surface area contributed by atoms with Crippen molar-refractivity contribution in [2.75, 3.05) is 47.5 Å². The lowest BCUT2D eigenvalue weighted by Crippen LogP contribution is -2.37. The summed E-state index contributed by atoms with van der Waals surface area (Å²) in [6.07, 6.45) is 51.4. The van der Waals surface area contributed by atoms with Crippen molar-refractivity contribution in [1.29, 1.82) is 0 Å². The molecular weight excluding hydrogens is 750 g/mol. The number of nitrogens with zero attached hydrogens (tertiary/aromatic N) is 1. The van der Waals surface area contributed by atoms with E-state index in [9.17, 15) is 19.0 Å². The lowest BCUT2D eigenvalue weighted by molar-refractivity contribution is -0.870. The molecule has 0 aromatic carbocycles. The van der Waals surface area contributed by atoms with Crippen molar-refractivity contribution in [2.45, 2.75) is 161 Å². The number of hydrogen-bond acceptors (Lipinski definition) is 7. The number of likely N-dealkylation sites (N-methyl/N-ethyl adjacent to an activating group) is 1. The van der Waals surface area contributed by atoms with E-state index in [2.05, 4.69) is 62.5 Å². The first kappa shape index (κ1) is 55.2. The number of allylic oxidation sites excluding steroid dienone is 13. The molecule has 0 amide bonds. The van der Waals surface area contributed by atoms with Crippen LogP contribution in [0.5, 0.6) is 0 Å². The van der Waals surface area contributed by atoms with Gasteiger partial charge in [-0.1, -0.05) is 170 Å². The number of rotatable bonds is 39. The second-order valence-corrected chi connectivity index (χ2v) is 17.3. The molecule has 0 spiro atoms. The van der Waals surface area contributed by atoms with Crippen LogP contribution in [0.25, 0.3) is 0 Å². The number of phosphoric acid groups is 1. The number of esters is 2. The number of carbonyl (C=O) groups is 2. The molecule has 0 aliphatic heterocycles. The van der Waals surface area contributed by atoms with Crippen molar-refractivity contribution in [3.63, 3.8) is 0 Å². The molecule has 9 nitrogen and oxygen atoms in total. The monoisotopic (exact) mass is 833 g/mol. The summed E-state index contributed by atoms with van der Waals surface area (Å²) in [5.41, 5.74) is 0. The van der Waals surface area contributed by atoms with E-state index in [-0.39, 0.29) is 19.6 Å². The lowest BCUT2D eigenvalue weighted by Gasteiger charge is -2.24. The number of quaternary nitrogens is 1. The Morgan fingerprint density at radius 1 is 0.586 bits per heavy atom. The molecule has 0 bridgehead atoms. The molecular formula is C48H83NO8P+. The Hall–Kier alpha value is -2.81. The van der Waals surface area contributed by atoms with Crippen LogP contribution in [0.3, 0.4) is 0 Å². The van der Waals surface area contributed by atoms with Gasteiger partial charge in [0.2, 0.25) is 0 Å². The van der Waals surface area contributed by atoms with E-state index in [4.69, 9.17) is 18.5 Å². The van der Waals surface area contributed by atoms with E-state index >= 15 is 0 Å². The molecule has 0 saturated heterocycles. The van der Waals surface area contributed by atoms with Crippen LogP contribution in [0.15, 0.2) is 85.1 Å². The second-order valence-electron chi connectivity index (χ2n) is 15.8. The zero-order valence-electron chi connectivity index (χ0n) is 37.2. The van der Waals surface area contributed by atoms with Crippen molar-refractivity contribution >= 4 is 19.8 Å². The third-order valence-electron chi connectivity index (χ3n) is 9.02. The quantitative estimate of drug-likeness (QED) is 0.0124. The van der Waals surface area contributed by atoms with Gasteiger partial charge in [0, 0.05) is 12.5 Å². The Morgan fingerprint density at radius 2 is 1.05 bits per heavy atom. The van der Waals surface area contributed by atoms with E-state index in [0.29, 0.717) is 17.4 Å². The first-order chi connectivity index (χ1) is 28.0. The molecule has 1 unspecified atom stereocenters. The number of ether oxygens (including phenoxy) is 2. The van der Waals surface area contributed by atoms with Crippen LogP contribution in [0, 0.1) is 0 Å². The molecule has 0 heterocycles. The van der Waals surface area contributed by atoms with Gasteiger partial charge in [0.15, 0.2) is 6.10 Å². The Morgan fingerprint density at radius 3 is 1.60 bits per heavy atom. The topological polar surface area (TPSA) is 108 Å². The highest BCUT2D eigenvalue weighted by Crippen LogP contribution is 2.43. The van der Waals surface area contributed by atoms with E-state index < -0.39 is 32.5 Å². The van der Waals surface area contributed by atoms with E-state index in [1.165, 1.54) is 96.0 Å². The highest BCUT2D eigenvalue weighted by molar-refractivity contribution is 7.47. The summed E-state index contributed by atoms with van der Waals surface area (Å²) in [4.78, 5) is 35.2. The summed E-state index contributed by atoms with van der Waals surface area (Å²) in [6.45, 7) is 4.16. The normalized spacial score (nSPS) is 14.4. The van der Waals surface area contributed by atoms with E-state index in [1.807, 2.05) is 45.4 Å². The maximum atomic E-state index is 12.6. The molecule has 332 valence electrons. The maximum absolute atomic E-state index is 12.6. The third kappa shape index (κ3) is 42.8. The van der Waals surface area contributed by atoms with Crippen LogP contribution < -0.4 is 0 Å². The highest BCUT2D eigenvalue weighted by Gasteiger charge is 2.26. The summed E-state index contributed by atoms with van der Waals surface area (Å²) in [5, 5.41) is 0. The van der Waals surface area contributed by atoms with Gasteiger partial charge in [0.25, 0.3) is 0 Å². The first-order valence-corrected chi connectivity index (χ1v) is 23.8. The van der Waals surface area contributed by atoms with Gasteiger partial charge >= 0.3 is 19.8 Å². The van der Waals surface area contributed by atoms with Crippen LogP contribution in [-0.4, -0.2) is 74.9 Å². The number of hydrogen-bond donors (Lipinski definition) is 1. The van der Waals surface area contributed by atoms with Gasteiger partial charge in [-0.05, 0) is 57.8 Å². The molecule has 10 heteroatoms. The summed E-state index contributed by atoms with van der Waals surface area (Å²) in [6, 6.07) is 0. The minimum absolute atomic E-state index is 0.000909. The SMILES string of the molecule is CCCCC/C=C/C/C=C/C/C=C/C/C=C/C/C=C/CCC(=O)OC[C@H](COP(=O)(O)OCC[N+](C)(C)C)OC(=O)/C=C/C=C/CCCCCCCCCCCCC. The largest absolute Gasteiger partial charge is 0.472 e. The van der Waals surface area contributed by atoms with Crippen LogP contribution >= 0.6 is 7.82 Å². The molecule has 58 heavy (non-hydrogen) atoms. The Labute approximate surface area is 354 Å². The fourth-order valence-corrected chi connectivity index (χ4v) is 6.23. The molecule has 0 saturated carbocycles. The Balaban J connectivity index is 4.58. The van der Waals surface area contributed by atoms with Gasteiger partial charge in [0.1, 0.15) is 19.8 Å². The highest BCUT2D eigenvalue weighted by atomic mass is 31.2. The minimum Gasteiger partial charge on any atom is -0.462 e. The molecule has 2 atom stereocenters. The smallest absolute Gasteiger partial charge is 0.462 e. The lowest BCUT2D eigenvalue weighted by atomic mass is 10.1. The standard InChI is InChI=1S/C48H82NO8P/c1-6-8-10-12-14-16-18-20-22-23-24-25-27-28-30-32-34-36-38-40-47(50)54-44-46(45-56-58(52,53)55-43-42-49(3,4)5)57-48(51)41-39-37-35-33-31-29-26-21-19-17-15-13-11-9-7-2/h14,16,20,22,24-25,28,30,34-37,39,41,46H,6-13,15,17-19,21,23,26-27,29,31-33,38,40,42-45H2,1-5H3/p+1/b16-14+,22-20+,25-24+,30-28+,36-34+,37-35+,41-39+/t46-/m1/s1. The van der Waals surface area contributed by atoms with Gasteiger partial charge in [-0.25, -0.2) is 9.36 Å². The van der Waals surface area contributed by atoms with Crippen LogP contribution in [-0.2, 0) is 32.7 Å². The van der Waals surface area contributed by atoms with Crippen molar-refractivity contribution in [1.82, 2.24) is 0 Å². The maximum Gasteiger partial charge on any atom is 0.472 e. The van der Waals surface area contributed by atoms with Crippen molar-refractivity contribution < 1.29 is 42.1 Å². The molecule has 0 aromatic rings. The van der Waals surface area contributed by atoms with Crippen molar-refractivity contribution in [3.05, 3.63) is 85.1 Å². The van der Waals surface area contributed by atoms with Gasteiger partial charge in [-0.3, -0.25) is 13.8 Å². The molecule has 0 aliphatic rings. The van der Waals surface area contributed by atoms with Gasteiger partial charge in [0.05, 0.1) is 27.7 Å². The zero-order chi connectivity index (χ0) is 42.8. The molecule has 0 rings (SSSR count). The van der Waals surface area contributed by atoms with Gasteiger partial charge in [-0.15, -0.1) is 0 Å². The number of phosphoric ester groups is 1. The summed E-state index contributed by atoms with van der Waals surface area (Å²) in [5.74, 6) is -1.15. The van der Waals surface area contributed by atoms with Crippen molar-refractivity contribution in [3.8, 4) is 0 Å². The van der Waals surface area contributed by atoms with Crippen LogP contribution in [0.2, 0.25) is 0 Å². The summed E-state index contributed by atoms with van der Waals surface area (Å²) >= 11 is 0. The van der Waals surface area contributed by atoms with Gasteiger partial charge < -0.3 is 18.9 Å². The zero-order valence-corrected chi connectivity index (χ0v) is 38.1. The number of carbonyl (C=O) groups excluding carboxylic acids is 2. The molecule has 0 aliphatic carbocycles. The first-order valence-electron chi connectivity index (χ1n) is 22.4. The predicted molar refractivity (Wildman–Crippen MR) is 242 cm³/mol. The Kier molecular flexibility index (Phi) is 37.7. The minimum atomic E-state index is -4.42. The van der Waals surface area contributed by atoms with Gasteiger partial charge in [-0.2, -0.15) is 0 Å². The third-order valence-corrected chi connectivity index (χ3v) is 10.0. The van der Waals surface area contributed by atoms with E-state index in [0.717, 1.165) is 38.5 Å². The van der Waals surface area contributed by atoms with Crippen LogP contribution in [0.4, 0.5) is 0 Å². The average molecular weight is 833 g/mol. The van der Waals surface area contributed by atoms with Crippen LogP contribution in [0.1, 0.15) is 155 Å². The molecule has 0 radical (unpaired) electrons. The molecule has 1 N–H and O–H groups in total. The molecule has 0 fully saturated rings.